The largest absolute Gasteiger partial charge is 0.467 e. The molecular weight excluding hydrogens is 376 g/mol. The molecule has 1 aromatic carbocycles. The molecule has 5 rings (SSSR count). The fraction of sp³-hybridized carbons (Fsp3) is 0.429. The Morgan fingerprint density at radius 3 is 2.82 bits per heavy atom. The molecule has 2 aromatic heterocycles. The Kier molecular flexibility index (Phi) is 4.93. The third-order valence-corrected chi connectivity index (χ3v) is 6.01. The summed E-state index contributed by atoms with van der Waals surface area (Å²) < 4.78 is 11.4. The third kappa shape index (κ3) is 3.10. The van der Waals surface area contributed by atoms with Crippen molar-refractivity contribution in [3.8, 4) is 11.5 Å². The van der Waals surface area contributed by atoms with Gasteiger partial charge >= 0.3 is 0 Å². The van der Waals surface area contributed by atoms with Crippen molar-refractivity contribution in [3.63, 3.8) is 0 Å². The summed E-state index contributed by atoms with van der Waals surface area (Å²) >= 11 is 0. The number of halogens is 1. The molecule has 0 amide bonds. The monoisotopic (exact) mass is 400 g/mol. The summed E-state index contributed by atoms with van der Waals surface area (Å²) in [6, 6.07) is 10.9. The van der Waals surface area contributed by atoms with Crippen LogP contribution in [0.15, 0.2) is 45.5 Å². The molecule has 1 atom stereocenters. The van der Waals surface area contributed by atoms with Crippen LogP contribution in [0, 0.1) is 0 Å². The summed E-state index contributed by atoms with van der Waals surface area (Å²) in [5, 5.41) is 4.18. The minimum absolute atomic E-state index is 0. The Hall–Kier alpha value is -2.31. The van der Waals surface area contributed by atoms with Gasteiger partial charge in [-0.25, -0.2) is 0 Å². The predicted molar refractivity (Wildman–Crippen MR) is 109 cm³/mol. The van der Waals surface area contributed by atoms with E-state index in [4.69, 9.17) is 14.7 Å². The topological polar surface area (TPSA) is 81.3 Å². The minimum Gasteiger partial charge on any atom is -0.467 e. The first-order valence-electron chi connectivity index (χ1n) is 9.68. The smallest absolute Gasteiger partial charge is 0.261 e. The number of furan rings is 1. The summed E-state index contributed by atoms with van der Waals surface area (Å²) in [6.45, 7) is 2.91. The van der Waals surface area contributed by atoms with E-state index in [9.17, 15) is 0 Å². The Labute approximate surface area is 170 Å². The van der Waals surface area contributed by atoms with Gasteiger partial charge in [0.25, 0.3) is 5.89 Å². The van der Waals surface area contributed by atoms with Crippen LogP contribution in [0.3, 0.4) is 0 Å². The first kappa shape index (κ1) is 19.0. The highest BCUT2D eigenvalue weighted by atomic mass is 35.5. The Morgan fingerprint density at radius 1 is 1.21 bits per heavy atom. The molecule has 1 aliphatic carbocycles. The molecule has 2 N–H and O–H groups in total. The molecule has 1 aliphatic heterocycles. The molecular formula is C21H25ClN4O2. The van der Waals surface area contributed by atoms with Gasteiger partial charge in [-0.3, -0.25) is 0 Å². The van der Waals surface area contributed by atoms with Crippen LogP contribution >= 0.6 is 12.4 Å². The van der Waals surface area contributed by atoms with Gasteiger partial charge in [-0.1, -0.05) is 36.2 Å². The molecule has 3 aromatic rings. The first-order chi connectivity index (χ1) is 13.1. The van der Waals surface area contributed by atoms with E-state index in [-0.39, 0.29) is 12.4 Å². The van der Waals surface area contributed by atoms with Gasteiger partial charge in [0.1, 0.15) is 5.76 Å². The predicted octanol–water partition coefficient (Wildman–Crippen LogP) is 4.43. The van der Waals surface area contributed by atoms with Crippen molar-refractivity contribution >= 4 is 18.1 Å². The molecule has 1 fully saturated rings. The Bertz CT molecular complexity index is 961. The molecule has 6 nitrogen and oxygen atoms in total. The van der Waals surface area contributed by atoms with Gasteiger partial charge < -0.3 is 19.6 Å². The average Bonchev–Trinajstić information content (AvgIpc) is 3.43. The summed E-state index contributed by atoms with van der Waals surface area (Å²) in [5.74, 6) is 1.94. The van der Waals surface area contributed by atoms with Crippen LogP contribution in [0.5, 0.6) is 0 Å². The fourth-order valence-electron chi connectivity index (χ4n) is 4.44. The molecule has 3 heterocycles. The lowest BCUT2D eigenvalue weighted by Crippen LogP contribution is -2.34. The number of nitrogens with zero attached hydrogens (tertiary/aromatic N) is 3. The number of para-hydroxylation sites is 1. The lowest BCUT2D eigenvalue weighted by molar-refractivity contribution is 0.372. The number of hydrogen-bond donors (Lipinski definition) is 1. The SMILES string of the molecule is CC1Cc2ccccc2N1Cc1occc1-c1nc(C2(N)CCCC2)no1.Cl. The lowest BCUT2D eigenvalue weighted by Gasteiger charge is -2.24. The number of aromatic nitrogens is 2. The number of hydrogen-bond acceptors (Lipinski definition) is 6. The maximum absolute atomic E-state index is 6.47. The fourth-order valence-corrected chi connectivity index (χ4v) is 4.44. The zero-order chi connectivity index (χ0) is 18.4. The molecule has 1 saturated carbocycles. The molecule has 0 spiro atoms. The van der Waals surface area contributed by atoms with Crippen molar-refractivity contribution in [2.75, 3.05) is 4.90 Å². The van der Waals surface area contributed by atoms with E-state index >= 15 is 0 Å². The minimum atomic E-state index is -0.450. The van der Waals surface area contributed by atoms with E-state index in [1.807, 2.05) is 6.07 Å². The van der Waals surface area contributed by atoms with E-state index in [2.05, 4.69) is 46.2 Å². The number of rotatable bonds is 4. The van der Waals surface area contributed by atoms with Crippen LogP contribution in [0.1, 0.15) is 49.8 Å². The van der Waals surface area contributed by atoms with Gasteiger partial charge in [-0.15, -0.1) is 12.4 Å². The number of nitrogens with two attached hydrogens (primary N) is 1. The highest BCUT2D eigenvalue weighted by molar-refractivity contribution is 5.85. The molecule has 0 saturated heterocycles. The molecule has 7 heteroatoms. The van der Waals surface area contributed by atoms with E-state index in [0.29, 0.717) is 24.3 Å². The van der Waals surface area contributed by atoms with Gasteiger partial charge in [0, 0.05) is 11.7 Å². The van der Waals surface area contributed by atoms with Crippen LogP contribution in [0.4, 0.5) is 5.69 Å². The summed E-state index contributed by atoms with van der Waals surface area (Å²) in [5.41, 5.74) is 9.52. The van der Waals surface area contributed by atoms with Crippen molar-refractivity contribution in [1.82, 2.24) is 10.1 Å². The second-order valence-corrected chi connectivity index (χ2v) is 7.85. The van der Waals surface area contributed by atoms with Crippen LogP contribution in [-0.4, -0.2) is 16.2 Å². The van der Waals surface area contributed by atoms with Crippen LogP contribution in [0.25, 0.3) is 11.5 Å². The van der Waals surface area contributed by atoms with Crippen LogP contribution in [-0.2, 0) is 18.5 Å². The maximum atomic E-state index is 6.47. The standard InChI is InChI=1S/C21H24N4O2.ClH/c1-14-12-15-6-2-3-7-17(15)25(14)13-18-16(8-11-26-18)19-23-20(24-27-19)21(22)9-4-5-10-21;/h2-3,6-8,11,14H,4-5,9-10,12-13,22H2,1H3;1H. The maximum Gasteiger partial charge on any atom is 0.261 e. The van der Waals surface area contributed by atoms with Gasteiger partial charge in [0.15, 0.2) is 5.82 Å². The zero-order valence-electron chi connectivity index (χ0n) is 15.9. The van der Waals surface area contributed by atoms with Crippen molar-refractivity contribution in [3.05, 3.63) is 53.7 Å². The molecule has 1 unspecified atom stereocenters. The third-order valence-electron chi connectivity index (χ3n) is 6.01. The van der Waals surface area contributed by atoms with Gasteiger partial charge in [0.2, 0.25) is 0 Å². The van der Waals surface area contributed by atoms with Crippen molar-refractivity contribution in [1.29, 1.82) is 0 Å². The Morgan fingerprint density at radius 2 is 2.00 bits per heavy atom. The molecule has 2 aliphatic rings. The van der Waals surface area contributed by atoms with Crippen molar-refractivity contribution in [2.45, 2.75) is 57.2 Å². The van der Waals surface area contributed by atoms with Crippen molar-refractivity contribution < 1.29 is 8.94 Å². The van der Waals surface area contributed by atoms with E-state index in [1.165, 1.54) is 11.3 Å². The van der Waals surface area contributed by atoms with Gasteiger partial charge in [-0.05, 0) is 43.9 Å². The molecule has 148 valence electrons. The second-order valence-electron chi connectivity index (χ2n) is 7.85. The normalized spacial score (nSPS) is 20.2. The first-order valence-corrected chi connectivity index (χ1v) is 9.68. The van der Waals surface area contributed by atoms with E-state index in [0.717, 1.165) is 43.4 Å². The van der Waals surface area contributed by atoms with E-state index in [1.54, 1.807) is 6.26 Å². The number of benzene rings is 1. The van der Waals surface area contributed by atoms with Gasteiger partial charge in [0.05, 0.1) is 23.9 Å². The van der Waals surface area contributed by atoms with Gasteiger partial charge in [-0.2, -0.15) is 4.98 Å². The molecule has 0 radical (unpaired) electrons. The summed E-state index contributed by atoms with van der Waals surface area (Å²) in [6.07, 6.45) is 6.79. The summed E-state index contributed by atoms with van der Waals surface area (Å²) in [7, 11) is 0. The number of anilines is 1. The highest BCUT2D eigenvalue weighted by Gasteiger charge is 2.36. The molecule has 28 heavy (non-hydrogen) atoms. The lowest BCUT2D eigenvalue weighted by atomic mass is 9.99. The summed E-state index contributed by atoms with van der Waals surface area (Å²) in [4.78, 5) is 7.00. The Balaban J connectivity index is 0.00000192. The second kappa shape index (κ2) is 7.26. The quantitative estimate of drug-likeness (QED) is 0.697. The van der Waals surface area contributed by atoms with Crippen LogP contribution < -0.4 is 10.6 Å². The van der Waals surface area contributed by atoms with E-state index < -0.39 is 5.54 Å². The molecule has 0 bridgehead atoms. The number of fused-ring (bicyclic) bond motifs is 1. The highest BCUT2D eigenvalue weighted by Crippen LogP contribution is 2.37. The van der Waals surface area contributed by atoms with Crippen molar-refractivity contribution in [2.24, 2.45) is 5.73 Å². The zero-order valence-corrected chi connectivity index (χ0v) is 16.7. The average molecular weight is 401 g/mol. The van der Waals surface area contributed by atoms with Crippen LogP contribution in [0.2, 0.25) is 0 Å².